The maximum absolute atomic E-state index is 12.4. The number of aromatic nitrogens is 1. The second kappa shape index (κ2) is 8.65. The number of aryl methyl sites for hydroxylation is 1. The highest BCUT2D eigenvalue weighted by molar-refractivity contribution is 5.20. The van der Waals surface area contributed by atoms with Gasteiger partial charge in [0.15, 0.2) is 0 Å². The lowest BCUT2D eigenvalue weighted by Gasteiger charge is -2.31. The Labute approximate surface area is 156 Å². The first-order valence-electron chi connectivity index (χ1n) is 9.66. The number of hydrogen-bond donors (Lipinski definition) is 1. The summed E-state index contributed by atoms with van der Waals surface area (Å²) in [6.07, 6.45) is 6.52. The van der Waals surface area contributed by atoms with Gasteiger partial charge in [-0.2, -0.15) is 0 Å². The molecule has 0 unspecified atom stereocenters. The van der Waals surface area contributed by atoms with Crippen molar-refractivity contribution in [2.75, 3.05) is 6.61 Å². The summed E-state index contributed by atoms with van der Waals surface area (Å²) in [7, 11) is 0. The van der Waals surface area contributed by atoms with Crippen molar-refractivity contribution >= 4 is 0 Å². The van der Waals surface area contributed by atoms with Gasteiger partial charge >= 0.3 is 0 Å². The molecular formula is C22H30N2O2. The summed E-state index contributed by atoms with van der Waals surface area (Å²) in [6.45, 7) is 4.26. The monoisotopic (exact) mass is 354 g/mol. The van der Waals surface area contributed by atoms with Crippen molar-refractivity contribution in [3.63, 3.8) is 0 Å². The van der Waals surface area contributed by atoms with Crippen molar-refractivity contribution < 1.29 is 4.74 Å². The summed E-state index contributed by atoms with van der Waals surface area (Å²) < 4.78 is 7.93. The van der Waals surface area contributed by atoms with E-state index in [4.69, 9.17) is 10.5 Å². The molecule has 2 atom stereocenters. The van der Waals surface area contributed by atoms with Gasteiger partial charge in [-0.15, -0.1) is 0 Å². The summed E-state index contributed by atoms with van der Waals surface area (Å²) in [5.41, 5.74) is 8.35. The van der Waals surface area contributed by atoms with Crippen LogP contribution in [0, 0.1) is 6.92 Å². The molecule has 3 rings (SSSR count). The second-order valence-electron chi connectivity index (χ2n) is 7.55. The lowest BCUT2D eigenvalue weighted by Crippen LogP contribution is -2.39. The quantitative estimate of drug-likeness (QED) is 0.859. The molecule has 1 aliphatic rings. The molecule has 1 saturated carbocycles. The fraction of sp³-hybridized carbons (Fsp3) is 0.500. The summed E-state index contributed by atoms with van der Waals surface area (Å²) in [4.78, 5) is 12.4. The van der Waals surface area contributed by atoms with Gasteiger partial charge in [-0.25, -0.2) is 0 Å². The van der Waals surface area contributed by atoms with E-state index in [1.165, 1.54) is 5.56 Å². The van der Waals surface area contributed by atoms with E-state index in [1.807, 2.05) is 32.2 Å². The zero-order valence-electron chi connectivity index (χ0n) is 15.8. The van der Waals surface area contributed by atoms with Crippen molar-refractivity contribution in [1.82, 2.24) is 4.57 Å². The van der Waals surface area contributed by atoms with Crippen LogP contribution in [0.25, 0.3) is 0 Å². The molecule has 26 heavy (non-hydrogen) atoms. The average Bonchev–Trinajstić information content (AvgIpc) is 2.66. The highest BCUT2D eigenvalue weighted by Crippen LogP contribution is 2.34. The van der Waals surface area contributed by atoms with Crippen molar-refractivity contribution in [2.45, 2.75) is 63.6 Å². The van der Waals surface area contributed by atoms with Crippen LogP contribution in [0.4, 0.5) is 0 Å². The molecule has 0 amide bonds. The maximum Gasteiger partial charge on any atom is 0.253 e. The highest BCUT2D eigenvalue weighted by Gasteiger charge is 2.25. The zero-order valence-corrected chi connectivity index (χ0v) is 15.8. The van der Waals surface area contributed by atoms with Crippen LogP contribution in [-0.4, -0.2) is 23.3 Å². The Morgan fingerprint density at radius 2 is 1.81 bits per heavy atom. The lowest BCUT2D eigenvalue weighted by molar-refractivity contribution is 0.00325. The van der Waals surface area contributed by atoms with Gasteiger partial charge in [0.05, 0.1) is 18.8 Å². The zero-order chi connectivity index (χ0) is 18.5. The minimum Gasteiger partial charge on any atom is -0.376 e. The Kier molecular flexibility index (Phi) is 6.28. The summed E-state index contributed by atoms with van der Waals surface area (Å²) >= 11 is 0. The maximum atomic E-state index is 12.4. The van der Waals surface area contributed by atoms with Gasteiger partial charge < -0.3 is 15.0 Å². The number of hydrogen-bond acceptors (Lipinski definition) is 3. The topological polar surface area (TPSA) is 57.2 Å². The number of nitrogens with zero attached hydrogens (tertiary/aromatic N) is 1. The van der Waals surface area contributed by atoms with E-state index in [-0.39, 0.29) is 23.7 Å². The molecule has 0 spiro atoms. The number of rotatable bonds is 6. The molecule has 2 N–H and O–H groups in total. The van der Waals surface area contributed by atoms with E-state index in [0.29, 0.717) is 12.5 Å². The molecule has 1 aromatic carbocycles. The molecule has 4 heteroatoms. The van der Waals surface area contributed by atoms with E-state index in [1.54, 1.807) is 4.57 Å². The van der Waals surface area contributed by atoms with Crippen LogP contribution in [0.15, 0.2) is 53.5 Å². The van der Waals surface area contributed by atoms with Gasteiger partial charge in [-0.1, -0.05) is 36.4 Å². The van der Waals surface area contributed by atoms with Gasteiger partial charge in [-0.05, 0) is 57.1 Å². The van der Waals surface area contributed by atoms with E-state index in [9.17, 15) is 4.79 Å². The largest absolute Gasteiger partial charge is 0.376 e. The number of ether oxygens (including phenoxy) is 1. The first-order chi connectivity index (χ1) is 12.6. The smallest absolute Gasteiger partial charge is 0.253 e. The standard InChI is InChI=1S/C22H30N2O2/c1-16-7-6-14-24(22(16)25)21(17(2)23)15-26-20-12-10-19(11-13-20)18-8-4-3-5-9-18/h3-9,14,17,19-21H,10-13,15,23H2,1-2H3/t17-,19-,20+,21-/m0/s1. The predicted octanol–water partition coefficient (Wildman–Crippen LogP) is 3.79. The fourth-order valence-corrected chi connectivity index (χ4v) is 3.89. The third-order valence-electron chi connectivity index (χ3n) is 5.58. The molecule has 1 aromatic heterocycles. The van der Waals surface area contributed by atoms with Gasteiger partial charge in [0, 0.05) is 17.8 Å². The number of pyridine rings is 1. The van der Waals surface area contributed by atoms with Crippen LogP contribution in [-0.2, 0) is 4.74 Å². The third kappa shape index (κ3) is 4.43. The molecule has 1 fully saturated rings. The van der Waals surface area contributed by atoms with Crippen molar-refractivity contribution in [3.8, 4) is 0 Å². The summed E-state index contributed by atoms with van der Waals surface area (Å²) in [6, 6.07) is 14.2. The molecule has 0 aliphatic heterocycles. The minimum atomic E-state index is -0.143. The van der Waals surface area contributed by atoms with Crippen LogP contribution in [0.5, 0.6) is 0 Å². The third-order valence-corrected chi connectivity index (χ3v) is 5.58. The minimum absolute atomic E-state index is 0.0196. The molecule has 140 valence electrons. The second-order valence-corrected chi connectivity index (χ2v) is 7.55. The van der Waals surface area contributed by atoms with Crippen LogP contribution in [0.1, 0.15) is 55.7 Å². The summed E-state index contributed by atoms with van der Waals surface area (Å²) in [5, 5.41) is 0. The number of benzene rings is 1. The van der Waals surface area contributed by atoms with Crippen LogP contribution >= 0.6 is 0 Å². The van der Waals surface area contributed by atoms with E-state index in [0.717, 1.165) is 31.2 Å². The SMILES string of the molecule is Cc1cccn([C@@H](CO[C@H]2CC[C@@H](c3ccccc3)CC2)[C@H](C)N)c1=O. The fourth-order valence-electron chi connectivity index (χ4n) is 3.89. The van der Waals surface area contributed by atoms with Crippen molar-refractivity contribution in [1.29, 1.82) is 0 Å². The first kappa shape index (κ1) is 18.9. The normalized spacial score (nSPS) is 22.7. The Hall–Kier alpha value is -1.91. The Balaban J connectivity index is 1.58. The molecule has 1 heterocycles. The number of nitrogens with two attached hydrogens (primary N) is 1. The molecule has 0 saturated heterocycles. The van der Waals surface area contributed by atoms with Crippen molar-refractivity contribution in [2.24, 2.45) is 5.73 Å². The van der Waals surface area contributed by atoms with E-state index >= 15 is 0 Å². The molecule has 0 radical (unpaired) electrons. The predicted molar refractivity (Wildman–Crippen MR) is 106 cm³/mol. The van der Waals surface area contributed by atoms with E-state index < -0.39 is 0 Å². The average molecular weight is 354 g/mol. The van der Waals surface area contributed by atoms with Crippen molar-refractivity contribution in [3.05, 3.63) is 70.1 Å². The van der Waals surface area contributed by atoms with Crippen LogP contribution in [0.2, 0.25) is 0 Å². The Morgan fingerprint density at radius 1 is 1.12 bits per heavy atom. The first-order valence-corrected chi connectivity index (χ1v) is 9.66. The lowest BCUT2D eigenvalue weighted by atomic mass is 9.83. The molecule has 1 aliphatic carbocycles. The molecule has 0 bridgehead atoms. The van der Waals surface area contributed by atoms with Crippen LogP contribution < -0.4 is 11.3 Å². The Bertz CT molecular complexity index is 746. The van der Waals surface area contributed by atoms with Gasteiger partial charge in [0.1, 0.15) is 0 Å². The summed E-state index contributed by atoms with van der Waals surface area (Å²) in [5.74, 6) is 0.639. The molecule has 2 aromatic rings. The van der Waals surface area contributed by atoms with Crippen LogP contribution in [0.3, 0.4) is 0 Å². The highest BCUT2D eigenvalue weighted by atomic mass is 16.5. The molecule has 4 nitrogen and oxygen atoms in total. The van der Waals surface area contributed by atoms with Gasteiger partial charge in [-0.3, -0.25) is 4.79 Å². The van der Waals surface area contributed by atoms with Gasteiger partial charge in [0.2, 0.25) is 0 Å². The van der Waals surface area contributed by atoms with Gasteiger partial charge in [0.25, 0.3) is 5.56 Å². The Morgan fingerprint density at radius 3 is 2.46 bits per heavy atom. The van der Waals surface area contributed by atoms with E-state index in [2.05, 4.69) is 30.3 Å². The molecular weight excluding hydrogens is 324 g/mol.